The average molecular weight is 398 g/mol. The van der Waals surface area contributed by atoms with E-state index in [1.807, 2.05) is 36.6 Å². The number of esters is 2. The van der Waals surface area contributed by atoms with Crippen molar-refractivity contribution in [1.82, 2.24) is 10.3 Å². The summed E-state index contributed by atoms with van der Waals surface area (Å²) >= 11 is 1.52. The van der Waals surface area contributed by atoms with Gasteiger partial charge in [-0.3, -0.25) is 0 Å². The predicted octanol–water partition coefficient (Wildman–Crippen LogP) is 3.70. The van der Waals surface area contributed by atoms with Crippen LogP contribution in [0.3, 0.4) is 0 Å². The Hall–Kier alpha value is -2.93. The van der Waals surface area contributed by atoms with Crippen molar-refractivity contribution in [2.24, 2.45) is 0 Å². The molecular formula is C21H22N2O4S. The lowest BCUT2D eigenvalue weighted by molar-refractivity contribution is -0.137. The number of benzene rings is 1. The molecule has 2 aromatic rings. The second-order valence-corrected chi connectivity index (χ2v) is 7.36. The number of nitrogens with zero attached hydrogens (tertiary/aromatic N) is 1. The lowest BCUT2D eigenvalue weighted by Crippen LogP contribution is -2.32. The second-order valence-electron chi connectivity index (χ2n) is 6.50. The van der Waals surface area contributed by atoms with E-state index in [1.54, 1.807) is 13.8 Å². The topological polar surface area (TPSA) is 77.5 Å². The highest BCUT2D eigenvalue weighted by Gasteiger charge is 2.38. The van der Waals surface area contributed by atoms with Crippen LogP contribution < -0.4 is 5.32 Å². The minimum absolute atomic E-state index is 0.384. The third-order valence-electron chi connectivity index (χ3n) is 4.69. The largest absolute Gasteiger partial charge is 0.466 e. The van der Waals surface area contributed by atoms with Crippen LogP contribution >= 0.6 is 11.3 Å². The fraction of sp³-hybridized carbons (Fsp3) is 0.286. The summed E-state index contributed by atoms with van der Waals surface area (Å²) in [5.41, 5.74) is 4.65. The number of carbonyl (C=O) groups is 2. The monoisotopic (exact) mass is 398 g/mol. The van der Waals surface area contributed by atoms with Crippen molar-refractivity contribution in [1.29, 1.82) is 0 Å². The van der Waals surface area contributed by atoms with E-state index in [0.29, 0.717) is 22.5 Å². The number of dihydropyridines is 1. The Morgan fingerprint density at radius 3 is 2.07 bits per heavy atom. The molecule has 0 bridgehead atoms. The maximum atomic E-state index is 12.7. The number of aromatic nitrogens is 1. The van der Waals surface area contributed by atoms with E-state index in [0.717, 1.165) is 21.8 Å². The summed E-state index contributed by atoms with van der Waals surface area (Å²) < 4.78 is 10.1. The first-order valence-electron chi connectivity index (χ1n) is 8.75. The number of methoxy groups -OCH3 is 2. The lowest BCUT2D eigenvalue weighted by Gasteiger charge is -2.31. The average Bonchev–Trinajstić information content (AvgIpc) is 3.12. The van der Waals surface area contributed by atoms with Gasteiger partial charge in [-0.25, -0.2) is 14.6 Å². The Morgan fingerprint density at radius 1 is 1.00 bits per heavy atom. The van der Waals surface area contributed by atoms with Crippen molar-refractivity contribution in [2.75, 3.05) is 14.2 Å². The van der Waals surface area contributed by atoms with Crippen LogP contribution in [0.5, 0.6) is 0 Å². The molecular weight excluding hydrogens is 376 g/mol. The molecule has 1 aliphatic heterocycles. The lowest BCUT2D eigenvalue weighted by atomic mass is 9.78. The number of aryl methyl sites for hydroxylation is 1. The number of ether oxygens (including phenoxy) is 2. The number of rotatable bonds is 4. The molecule has 0 saturated carbocycles. The van der Waals surface area contributed by atoms with Crippen LogP contribution in [0.1, 0.15) is 31.0 Å². The molecule has 0 aliphatic carbocycles. The van der Waals surface area contributed by atoms with E-state index in [4.69, 9.17) is 9.47 Å². The van der Waals surface area contributed by atoms with E-state index in [1.165, 1.54) is 25.6 Å². The van der Waals surface area contributed by atoms with Crippen LogP contribution in [0.15, 0.2) is 52.2 Å². The van der Waals surface area contributed by atoms with Crippen LogP contribution in [0.4, 0.5) is 0 Å². The molecule has 0 unspecified atom stereocenters. The predicted molar refractivity (Wildman–Crippen MR) is 108 cm³/mol. The number of thiazole rings is 1. The molecule has 0 fully saturated rings. The van der Waals surface area contributed by atoms with Crippen LogP contribution in [0, 0.1) is 6.92 Å². The molecule has 1 aromatic heterocycles. The molecule has 0 spiro atoms. The fourth-order valence-electron chi connectivity index (χ4n) is 3.49. The molecule has 0 saturated heterocycles. The zero-order chi connectivity index (χ0) is 20.4. The van der Waals surface area contributed by atoms with E-state index in [-0.39, 0.29) is 0 Å². The summed E-state index contributed by atoms with van der Waals surface area (Å²) in [6.45, 7) is 5.53. The van der Waals surface area contributed by atoms with E-state index in [2.05, 4.69) is 10.3 Å². The summed E-state index contributed by atoms with van der Waals surface area (Å²) in [6, 6.07) is 7.66. The van der Waals surface area contributed by atoms with E-state index < -0.39 is 17.9 Å². The Morgan fingerprint density at radius 2 is 1.57 bits per heavy atom. The molecule has 146 valence electrons. The van der Waals surface area contributed by atoms with Gasteiger partial charge in [-0.05, 0) is 26.3 Å². The molecule has 1 N–H and O–H groups in total. The minimum atomic E-state index is -0.624. The van der Waals surface area contributed by atoms with Crippen LogP contribution in [-0.2, 0) is 19.1 Å². The third-order valence-corrected chi connectivity index (χ3v) is 5.69. The van der Waals surface area contributed by atoms with Gasteiger partial charge in [0.15, 0.2) is 0 Å². The van der Waals surface area contributed by atoms with E-state index in [9.17, 15) is 9.59 Å². The van der Waals surface area contributed by atoms with Crippen molar-refractivity contribution in [2.45, 2.75) is 26.7 Å². The van der Waals surface area contributed by atoms with Gasteiger partial charge in [0.1, 0.15) is 5.01 Å². The molecule has 3 rings (SSSR count). The Labute approximate surface area is 167 Å². The van der Waals surface area contributed by atoms with Gasteiger partial charge in [-0.1, -0.05) is 24.3 Å². The van der Waals surface area contributed by atoms with Gasteiger partial charge in [-0.2, -0.15) is 0 Å². The van der Waals surface area contributed by atoms with Gasteiger partial charge in [0.05, 0.1) is 31.3 Å². The normalized spacial score (nSPS) is 14.8. The molecule has 0 radical (unpaired) electrons. The first kappa shape index (κ1) is 19.8. The highest BCUT2D eigenvalue weighted by atomic mass is 32.1. The number of allylic oxidation sites excluding steroid dienone is 2. The minimum Gasteiger partial charge on any atom is -0.466 e. The summed E-state index contributed by atoms with van der Waals surface area (Å²) in [6.07, 6.45) is 0. The number of hydrogen-bond donors (Lipinski definition) is 1. The van der Waals surface area contributed by atoms with E-state index >= 15 is 0 Å². The number of hydrogen-bond acceptors (Lipinski definition) is 7. The maximum Gasteiger partial charge on any atom is 0.336 e. The highest BCUT2D eigenvalue weighted by Crippen LogP contribution is 2.43. The highest BCUT2D eigenvalue weighted by molar-refractivity contribution is 7.13. The standard InChI is InChI=1S/C21H22N2O4S/c1-11-10-28-19(22-11)15-9-7-6-8-14(15)18-16(20(24)26-4)12(2)23-13(3)17(18)21(25)27-5/h6-10,18,23H,1-5H3. The second kappa shape index (κ2) is 7.98. The van der Waals surface area contributed by atoms with Gasteiger partial charge in [0.2, 0.25) is 0 Å². The Bertz CT molecular complexity index is 965. The summed E-state index contributed by atoms with van der Waals surface area (Å²) in [4.78, 5) is 29.9. The van der Waals surface area contributed by atoms with Crippen molar-refractivity contribution in [3.63, 3.8) is 0 Å². The molecule has 7 heteroatoms. The number of nitrogens with one attached hydrogen (secondary N) is 1. The molecule has 0 amide bonds. The SMILES string of the molecule is COC(=O)C1=C(C)NC(C)=C(C(=O)OC)C1c1ccccc1-c1nc(C)cs1. The summed E-state index contributed by atoms with van der Waals surface area (Å²) in [5, 5.41) is 5.92. The Kier molecular flexibility index (Phi) is 5.65. The molecule has 1 aromatic carbocycles. The zero-order valence-corrected chi connectivity index (χ0v) is 17.3. The quantitative estimate of drug-likeness (QED) is 0.792. The van der Waals surface area contributed by atoms with Crippen molar-refractivity contribution < 1.29 is 19.1 Å². The van der Waals surface area contributed by atoms with Crippen molar-refractivity contribution >= 4 is 23.3 Å². The molecule has 1 aliphatic rings. The number of carbonyl (C=O) groups excluding carboxylic acids is 2. The first-order chi connectivity index (χ1) is 13.4. The fourth-order valence-corrected chi connectivity index (χ4v) is 4.33. The third kappa shape index (κ3) is 3.45. The van der Waals surface area contributed by atoms with Gasteiger partial charge in [-0.15, -0.1) is 11.3 Å². The van der Waals surface area contributed by atoms with Crippen LogP contribution in [0.2, 0.25) is 0 Å². The van der Waals surface area contributed by atoms with Gasteiger partial charge in [0, 0.05) is 28.0 Å². The van der Waals surface area contributed by atoms with Crippen LogP contribution in [0.25, 0.3) is 10.6 Å². The summed E-state index contributed by atoms with van der Waals surface area (Å²) in [7, 11) is 2.66. The molecule has 0 atom stereocenters. The zero-order valence-electron chi connectivity index (χ0n) is 16.5. The van der Waals surface area contributed by atoms with Crippen molar-refractivity contribution in [3.8, 4) is 10.6 Å². The molecule has 28 heavy (non-hydrogen) atoms. The summed E-state index contributed by atoms with van der Waals surface area (Å²) in [5.74, 6) is -1.61. The van der Waals surface area contributed by atoms with Gasteiger partial charge >= 0.3 is 11.9 Å². The van der Waals surface area contributed by atoms with Crippen molar-refractivity contribution in [3.05, 3.63) is 63.4 Å². The van der Waals surface area contributed by atoms with Crippen LogP contribution in [-0.4, -0.2) is 31.1 Å². The molecule has 2 heterocycles. The van der Waals surface area contributed by atoms with Gasteiger partial charge in [0.25, 0.3) is 0 Å². The Balaban J connectivity index is 2.29. The molecule has 6 nitrogen and oxygen atoms in total. The smallest absolute Gasteiger partial charge is 0.336 e. The van der Waals surface area contributed by atoms with Gasteiger partial charge < -0.3 is 14.8 Å². The first-order valence-corrected chi connectivity index (χ1v) is 9.63. The maximum absolute atomic E-state index is 12.7.